The molecule has 0 saturated heterocycles. The molecular formula is C17H16ClFN4O3S. The number of benzene rings is 1. The number of aromatic nitrogens is 2. The molecule has 0 spiro atoms. The predicted molar refractivity (Wildman–Crippen MR) is 102 cm³/mol. The van der Waals surface area contributed by atoms with E-state index in [1.165, 1.54) is 23.9 Å². The molecule has 2 heterocycles. The Hall–Kier alpha value is -2.39. The van der Waals surface area contributed by atoms with Crippen molar-refractivity contribution < 1.29 is 14.0 Å². The number of anilines is 2. The molecule has 0 bridgehead atoms. The van der Waals surface area contributed by atoms with Gasteiger partial charge in [-0.3, -0.25) is 14.4 Å². The van der Waals surface area contributed by atoms with Crippen LogP contribution in [0.25, 0.3) is 0 Å². The van der Waals surface area contributed by atoms with Gasteiger partial charge in [0.05, 0.1) is 16.5 Å². The van der Waals surface area contributed by atoms with Crippen LogP contribution in [-0.2, 0) is 9.59 Å². The number of nitrogens with zero attached hydrogens (tertiary/aromatic N) is 1. The SMILES string of the molecule is CCCSc1nc2c(c(=O)[nH]1)C(C(=O)Nc1ccc(F)c(Cl)c1)CC(=O)N2. The third kappa shape index (κ3) is 4.30. The second-order valence-corrected chi connectivity index (χ2v) is 7.40. The lowest BCUT2D eigenvalue weighted by Gasteiger charge is -2.23. The van der Waals surface area contributed by atoms with E-state index in [4.69, 9.17) is 11.6 Å². The van der Waals surface area contributed by atoms with Gasteiger partial charge in [-0.1, -0.05) is 30.3 Å². The summed E-state index contributed by atoms with van der Waals surface area (Å²) >= 11 is 7.07. The summed E-state index contributed by atoms with van der Waals surface area (Å²) in [6.07, 6.45) is 0.697. The van der Waals surface area contributed by atoms with Crippen molar-refractivity contribution in [3.63, 3.8) is 0 Å². The van der Waals surface area contributed by atoms with Crippen LogP contribution >= 0.6 is 23.4 Å². The van der Waals surface area contributed by atoms with Gasteiger partial charge >= 0.3 is 0 Å². The van der Waals surface area contributed by atoms with E-state index >= 15 is 0 Å². The zero-order valence-corrected chi connectivity index (χ0v) is 15.8. The average Bonchev–Trinajstić information content (AvgIpc) is 2.62. The summed E-state index contributed by atoms with van der Waals surface area (Å²) in [6, 6.07) is 3.71. The normalized spacial score (nSPS) is 15.8. The summed E-state index contributed by atoms with van der Waals surface area (Å²) in [7, 11) is 0. The number of thioether (sulfide) groups is 1. The predicted octanol–water partition coefficient (Wildman–Crippen LogP) is 3.13. The van der Waals surface area contributed by atoms with Gasteiger partial charge in [0.1, 0.15) is 11.6 Å². The molecule has 1 unspecified atom stereocenters. The highest BCUT2D eigenvalue weighted by Gasteiger charge is 2.34. The third-order valence-corrected chi connectivity index (χ3v) is 5.24. The van der Waals surface area contributed by atoms with Crippen LogP contribution in [0.15, 0.2) is 28.2 Å². The van der Waals surface area contributed by atoms with Gasteiger partial charge in [-0.2, -0.15) is 0 Å². The molecule has 27 heavy (non-hydrogen) atoms. The van der Waals surface area contributed by atoms with Gasteiger partial charge in [-0.15, -0.1) is 0 Å². The molecule has 1 aliphatic heterocycles. The largest absolute Gasteiger partial charge is 0.325 e. The number of hydrogen-bond donors (Lipinski definition) is 3. The molecule has 142 valence electrons. The maximum atomic E-state index is 13.3. The highest BCUT2D eigenvalue weighted by atomic mass is 35.5. The fraction of sp³-hybridized carbons (Fsp3) is 0.294. The third-order valence-electron chi connectivity index (χ3n) is 3.88. The molecule has 0 aliphatic carbocycles. The fourth-order valence-corrected chi connectivity index (χ4v) is 3.54. The Morgan fingerprint density at radius 2 is 2.22 bits per heavy atom. The first-order valence-corrected chi connectivity index (χ1v) is 9.58. The Bertz CT molecular complexity index is 966. The standard InChI is InChI=1S/C17H16ClFN4O3S/c1-2-5-27-17-22-14-13(16(26)23-17)9(7-12(24)21-14)15(25)20-8-3-4-11(19)10(18)6-8/h3-4,6,9H,2,5,7H2,1H3,(H,20,25)(H2,21,22,23,24,26). The number of carbonyl (C=O) groups is 2. The van der Waals surface area contributed by atoms with Crippen molar-refractivity contribution in [2.45, 2.75) is 30.8 Å². The van der Waals surface area contributed by atoms with Crippen molar-refractivity contribution in [3.8, 4) is 0 Å². The minimum Gasteiger partial charge on any atom is -0.325 e. The number of H-pyrrole nitrogens is 1. The van der Waals surface area contributed by atoms with Crippen LogP contribution in [0.4, 0.5) is 15.9 Å². The van der Waals surface area contributed by atoms with Crippen molar-refractivity contribution >= 4 is 46.7 Å². The molecule has 3 rings (SSSR count). The van der Waals surface area contributed by atoms with E-state index in [2.05, 4.69) is 20.6 Å². The van der Waals surface area contributed by atoms with Crippen LogP contribution in [0.1, 0.15) is 31.2 Å². The molecule has 2 aromatic rings. The molecule has 10 heteroatoms. The topological polar surface area (TPSA) is 104 Å². The Morgan fingerprint density at radius 3 is 2.93 bits per heavy atom. The molecule has 0 saturated carbocycles. The van der Waals surface area contributed by atoms with Crippen molar-refractivity contribution in [2.24, 2.45) is 0 Å². The van der Waals surface area contributed by atoms with E-state index in [0.29, 0.717) is 5.16 Å². The van der Waals surface area contributed by atoms with Crippen LogP contribution in [0.2, 0.25) is 5.02 Å². The van der Waals surface area contributed by atoms with Gasteiger partial charge in [0.25, 0.3) is 5.56 Å². The van der Waals surface area contributed by atoms with Crippen molar-refractivity contribution in [1.82, 2.24) is 9.97 Å². The van der Waals surface area contributed by atoms with Crippen LogP contribution < -0.4 is 16.2 Å². The van der Waals surface area contributed by atoms with E-state index in [1.807, 2.05) is 6.92 Å². The number of fused-ring (bicyclic) bond motifs is 1. The number of nitrogens with one attached hydrogen (secondary N) is 3. The first-order chi connectivity index (χ1) is 12.9. The molecular weight excluding hydrogens is 395 g/mol. The van der Waals surface area contributed by atoms with Crippen LogP contribution in [0, 0.1) is 5.82 Å². The summed E-state index contributed by atoms with van der Waals surface area (Å²) in [5.74, 6) is -1.77. The quantitative estimate of drug-likeness (QED) is 0.519. The number of rotatable bonds is 5. The van der Waals surface area contributed by atoms with Crippen molar-refractivity contribution in [2.75, 3.05) is 16.4 Å². The molecule has 7 nitrogen and oxygen atoms in total. The summed E-state index contributed by atoms with van der Waals surface area (Å²) in [5, 5.41) is 5.35. The van der Waals surface area contributed by atoms with Gasteiger partial charge in [0, 0.05) is 17.9 Å². The van der Waals surface area contributed by atoms with Crippen LogP contribution in [0.3, 0.4) is 0 Å². The Balaban J connectivity index is 1.90. The molecule has 1 aromatic heterocycles. The van der Waals surface area contributed by atoms with Gasteiger partial charge in [0.15, 0.2) is 5.16 Å². The smallest absolute Gasteiger partial charge is 0.257 e. The van der Waals surface area contributed by atoms with Crippen molar-refractivity contribution in [1.29, 1.82) is 0 Å². The highest BCUT2D eigenvalue weighted by molar-refractivity contribution is 7.99. The van der Waals surface area contributed by atoms with Gasteiger partial charge in [0.2, 0.25) is 11.8 Å². The molecule has 1 aromatic carbocycles. The van der Waals surface area contributed by atoms with E-state index in [-0.39, 0.29) is 28.5 Å². The van der Waals surface area contributed by atoms with Gasteiger partial charge in [-0.05, 0) is 24.6 Å². The lowest BCUT2D eigenvalue weighted by molar-refractivity contribution is -0.123. The second-order valence-electron chi connectivity index (χ2n) is 5.90. The minimum atomic E-state index is -1.01. The summed E-state index contributed by atoms with van der Waals surface area (Å²) < 4.78 is 13.3. The number of hydrogen-bond acceptors (Lipinski definition) is 5. The average molecular weight is 411 g/mol. The van der Waals surface area contributed by atoms with Crippen LogP contribution in [0.5, 0.6) is 0 Å². The van der Waals surface area contributed by atoms with Gasteiger partial charge < -0.3 is 15.6 Å². The first-order valence-electron chi connectivity index (χ1n) is 8.21. The first kappa shape index (κ1) is 19.4. The minimum absolute atomic E-state index is 0.0888. The Labute approximate surface area is 163 Å². The van der Waals surface area contributed by atoms with Crippen molar-refractivity contribution in [3.05, 3.63) is 45.0 Å². The Kier molecular flexibility index (Phi) is 5.81. The molecule has 0 fully saturated rings. The summed E-state index contributed by atoms with van der Waals surface area (Å²) in [4.78, 5) is 44.1. The number of halogens is 2. The molecule has 2 amide bonds. The number of carbonyl (C=O) groups excluding carboxylic acids is 2. The number of amides is 2. The maximum absolute atomic E-state index is 13.3. The summed E-state index contributed by atoms with van der Waals surface area (Å²) in [6.45, 7) is 1.99. The van der Waals surface area contributed by atoms with Crippen LogP contribution in [-0.4, -0.2) is 27.5 Å². The van der Waals surface area contributed by atoms with E-state index < -0.39 is 29.1 Å². The number of aromatic amines is 1. The van der Waals surface area contributed by atoms with Gasteiger partial charge in [-0.25, -0.2) is 9.37 Å². The highest BCUT2D eigenvalue weighted by Crippen LogP contribution is 2.31. The second kappa shape index (κ2) is 8.10. The summed E-state index contributed by atoms with van der Waals surface area (Å²) in [5.41, 5.74) is -0.115. The molecule has 0 radical (unpaired) electrons. The fourth-order valence-electron chi connectivity index (χ4n) is 2.64. The van der Waals surface area contributed by atoms with E-state index in [9.17, 15) is 18.8 Å². The lowest BCUT2D eigenvalue weighted by atomic mass is 9.92. The van der Waals surface area contributed by atoms with E-state index in [1.54, 1.807) is 0 Å². The molecule has 1 aliphatic rings. The monoisotopic (exact) mass is 410 g/mol. The lowest BCUT2D eigenvalue weighted by Crippen LogP contribution is -2.36. The zero-order valence-electron chi connectivity index (χ0n) is 14.3. The zero-order chi connectivity index (χ0) is 19.6. The Morgan fingerprint density at radius 1 is 1.44 bits per heavy atom. The molecule has 3 N–H and O–H groups in total. The maximum Gasteiger partial charge on any atom is 0.257 e. The van der Waals surface area contributed by atoms with E-state index in [0.717, 1.165) is 18.2 Å². The molecule has 1 atom stereocenters.